The van der Waals surface area contributed by atoms with Crippen molar-refractivity contribution in [3.05, 3.63) is 0 Å². The Hall–Kier alpha value is -0.160. The number of aliphatic hydroxyl groups excluding tert-OH is 4. The van der Waals surface area contributed by atoms with Gasteiger partial charge in [0.2, 0.25) is 0 Å². The highest BCUT2D eigenvalue weighted by atomic mass is 16.4. The second kappa shape index (κ2) is 5.49. The molecule has 0 spiro atoms. The molecule has 3 atom stereocenters. The lowest BCUT2D eigenvalue weighted by molar-refractivity contribution is -0.0226. The van der Waals surface area contributed by atoms with Gasteiger partial charge in [-0.3, -0.25) is 0 Å². The Morgan fingerprint density at radius 1 is 1.00 bits per heavy atom. The van der Waals surface area contributed by atoms with Crippen LogP contribution >= 0.6 is 0 Å². The third kappa shape index (κ3) is 5.15. The molecule has 0 amide bonds. The van der Waals surface area contributed by atoms with E-state index in [0.29, 0.717) is 12.8 Å². The second-order valence-corrected chi connectivity index (χ2v) is 2.74. The molecule has 0 saturated heterocycles. The molecule has 0 aliphatic heterocycles. The fourth-order valence-corrected chi connectivity index (χ4v) is 0.726. The minimum atomic E-state index is -1.09. The van der Waals surface area contributed by atoms with Gasteiger partial charge in [-0.2, -0.15) is 0 Å². The SMILES string of the molecule is CC(O)CCC(O)C(O)CO. The summed E-state index contributed by atoms with van der Waals surface area (Å²) in [5, 5.41) is 35.1. The molecule has 0 radical (unpaired) electrons. The third-order valence-corrected chi connectivity index (χ3v) is 1.51. The molecule has 11 heavy (non-hydrogen) atoms. The molecule has 0 aliphatic rings. The normalized spacial score (nSPS) is 19.4. The molecule has 0 aromatic rings. The van der Waals surface area contributed by atoms with Gasteiger partial charge in [-0.05, 0) is 19.8 Å². The van der Waals surface area contributed by atoms with Crippen LogP contribution in [0, 0.1) is 0 Å². The molecule has 0 fully saturated rings. The monoisotopic (exact) mass is 164 g/mol. The molecule has 0 rings (SSSR count). The second-order valence-electron chi connectivity index (χ2n) is 2.74. The fraction of sp³-hybridized carbons (Fsp3) is 1.00. The topological polar surface area (TPSA) is 80.9 Å². The van der Waals surface area contributed by atoms with E-state index in [1.54, 1.807) is 6.92 Å². The Balaban J connectivity index is 3.43. The van der Waals surface area contributed by atoms with E-state index in [1.165, 1.54) is 0 Å². The van der Waals surface area contributed by atoms with Crippen molar-refractivity contribution in [3.63, 3.8) is 0 Å². The summed E-state index contributed by atoms with van der Waals surface area (Å²) in [6, 6.07) is 0. The highest BCUT2D eigenvalue weighted by Crippen LogP contribution is 2.04. The zero-order valence-electron chi connectivity index (χ0n) is 6.64. The van der Waals surface area contributed by atoms with Crippen molar-refractivity contribution in [3.8, 4) is 0 Å². The van der Waals surface area contributed by atoms with Crippen LogP contribution in [0.25, 0.3) is 0 Å². The van der Waals surface area contributed by atoms with Crippen molar-refractivity contribution in [2.24, 2.45) is 0 Å². The Morgan fingerprint density at radius 3 is 1.91 bits per heavy atom. The van der Waals surface area contributed by atoms with E-state index in [1.807, 2.05) is 0 Å². The van der Waals surface area contributed by atoms with E-state index >= 15 is 0 Å². The minimum Gasteiger partial charge on any atom is -0.394 e. The quantitative estimate of drug-likeness (QED) is 0.414. The molecule has 0 saturated carbocycles. The predicted octanol–water partition coefficient (Wildman–Crippen LogP) is -1.14. The van der Waals surface area contributed by atoms with Crippen molar-refractivity contribution in [2.75, 3.05) is 6.61 Å². The van der Waals surface area contributed by atoms with Gasteiger partial charge in [0, 0.05) is 0 Å². The van der Waals surface area contributed by atoms with Crippen molar-refractivity contribution in [1.29, 1.82) is 0 Å². The van der Waals surface area contributed by atoms with Crippen molar-refractivity contribution in [2.45, 2.75) is 38.1 Å². The van der Waals surface area contributed by atoms with E-state index in [9.17, 15) is 0 Å². The summed E-state index contributed by atoms with van der Waals surface area (Å²) in [6.45, 7) is 1.17. The molecule has 0 heterocycles. The third-order valence-electron chi connectivity index (χ3n) is 1.51. The van der Waals surface area contributed by atoms with Crippen molar-refractivity contribution in [1.82, 2.24) is 0 Å². The van der Waals surface area contributed by atoms with Crippen LogP contribution < -0.4 is 0 Å². The molecule has 0 aromatic heterocycles. The van der Waals surface area contributed by atoms with Gasteiger partial charge in [-0.25, -0.2) is 0 Å². The van der Waals surface area contributed by atoms with Gasteiger partial charge in [0.05, 0.1) is 18.8 Å². The number of hydrogen-bond donors (Lipinski definition) is 4. The molecule has 4 nitrogen and oxygen atoms in total. The molecule has 0 aromatic carbocycles. The Morgan fingerprint density at radius 2 is 1.55 bits per heavy atom. The number of aliphatic hydroxyl groups is 4. The summed E-state index contributed by atoms with van der Waals surface area (Å²) in [5.74, 6) is 0. The molecule has 0 aliphatic carbocycles. The average molecular weight is 164 g/mol. The molecule has 0 bridgehead atoms. The van der Waals surface area contributed by atoms with Crippen molar-refractivity contribution < 1.29 is 20.4 Å². The lowest BCUT2D eigenvalue weighted by Gasteiger charge is -2.15. The molecule has 3 unspecified atom stereocenters. The van der Waals surface area contributed by atoms with Gasteiger partial charge in [0.1, 0.15) is 6.10 Å². The lowest BCUT2D eigenvalue weighted by Crippen LogP contribution is -2.29. The van der Waals surface area contributed by atoms with E-state index in [4.69, 9.17) is 20.4 Å². The molecule has 4 N–H and O–H groups in total. The summed E-state index contributed by atoms with van der Waals surface area (Å²) in [6.07, 6.45) is -1.77. The fourth-order valence-electron chi connectivity index (χ4n) is 0.726. The van der Waals surface area contributed by atoms with Gasteiger partial charge in [0.15, 0.2) is 0 Å². The first-order chi connectivity index (χ1) is 5.07. The van der Waals surface area contributed by atoms with Crippen LogP contribution in [0.15, 0.2) is 0 Å². The zero-order valence-corrected chi connectivity index (χ0v) is 6.64. The molecule has 4 heteroatoms. The van der Waals surface area contributed by atoms with E-state index < -0.39 is 24.9 Å². The zero-order chi connectivity index (χ0) is 8.85. The van der Waals surface area contributed by atoms with E-state index in [2.05, 4.69) is 0 Å². The summed E-state index contributed by atoms with van der Waals surface area (Å²) >= 11 is 0. The molecule has 68 valence electrons. The van der Waals surface area contributed by atoms with Gasteiger partial charge < -0.3 is 20.4 Å². The van der Waals surface area contributed by atoms with Crippen molar-refractivity contribution >= 4 is 0 Å². The standard InChI is InChI=1S/C7H16O4/c1-5(9)2-3-6(10)7(11)4-8/h5-11H,2-4H2,1H3. The molecular formula is C7H16O4. The smallest absolute Gasteiger partial charge is 0.103 e. The van der Waals surface area contributed by atoms with Gasteiger partial charge in [-0.15, -0.1) is 0 Å². The Bertz CT molecular complexity index is 94.4. The Labute approximate surface area is 66.1 Å². The first-order valence-electron chi connectivity index (χ1n) is 3.73. The van der Waals surface area contributed by atoms with E-state index in [-0.39, 0.29) is 0 Å². The first kappa shape index (κ1) is 10.8. The number of rotatable bonds is 5. The van der Waals surface area contributed by atoms with Gasteiger partial charge in [0.25, 0.3) is 0 Å². The van der Waals surface area contributed by atoms with Crippen LogP contribution in [0.1, 0.15) is 19.8 Å². The largest absolute Gasteiger partial charge is 0.394 e. The maximum atomic E-state index is 9.05. The van der Waals surface area contributed by atoms with Crippen LogP contribution in [0.4, 0.5) is 0 Å². The van der Waals surface area contributed by atoms with Crippen LogP contribution in [0.5, 0.6) is 0 Å². The van der Waals surface area contributed by atoms with Crippen LogP contribution in [0.2, 0.25) is 0 Å². The minimum absolute atomic E-state index is 0.305. The van der Waals surface area contributed by atoms with Gasteiger partial charge in [-0.1, -0.05) is 0 Å². The van der Waals surface area contributed by atoms with E-state index in [0.717, 1.165) is 0 Å². The summed E-state index contributed by atoms with van der Waals surface area (Å²) < 4.78 is 0. The number of hydrogen-bond acceptors (Lipinski definition) is 4. The van der Waals surface area contributed by atoms with Crippen LogP contribution in [-0.4, -0.2) is 45.3 Å². The summed E-state index contributed by atoms with van der Waals surface area (Å²) in [5.41, 5.74) is 0. The molecular weight excluding hydrogens is 148 g/mol. The summed E-state index contributed by atoms with van der Waals surface area (Å²) in [7, 11) is 0. The highest BCUT2D eigenvalue weighted by Gasteiger charge is 2.14. The first-order valence-corrected chi connectivity index (χ1v) is 3.73. The Kier molecular flexibility index (Phi) is 5.41. The predicted molar refractivity (Wildman–Crippen MR) is 40.0 cm³/mol. The lowest BCUT2D eigenvalue weighted by atomic mass is 10.1. The maximum absolute atomic E-state index is 9.05. The maximum Gasteiger partial charge on any atom is 0.103 e. The van der Waals surface area contributed by atoms with Crippen LogP contribution in [0.3, 0.4) is 0 Å². The van der Waals surface area contributed by atoms with Gasteiger partial charge >= 0.3 is 0 Å². The summed E-state index contributed by atoms with van der Waals surface area (Å²) in [4.78, 5) is 0. The van der Waals surface area contributed by atoms with Crippen LogP contribution in [-0.2, 0) is 0 Å². The highest BCUT2D eigenvalue weighted by molar-refractivity contribution is 4.66. The average Bonchev–Trinajstić information content (AvgIpc) is 1.98.